The maximum Gasteiger partial charge on any atom is 0.278 e. The maximum absolute atomic E-state index is 11.1. The Morgan fingerprint density at radius 2 is 1.90 bits per heavy atom. The molecule has 1 aromatic heterocycles. The summed E-state index contributed by atoms with van der Waals surface area (Å²) >= 11 is 0. The van der Waals surface area contributed by atoms with E-state index in [1.165, 1.54) is 5.56 Å². The van der Waals surface area contributed by atoms with Gasteiger partial charge in [0.15, 0.2) is 0 Å². The molecular formula is C16H19N3O2. The smallest absolute Gasteiger partial charge is 0.278 e. The van der Waals surface area contributed by atoms with E-state index in [2.05, 4.69) is 16.4 Å². The summed E-state index contributed by atoms with van der Waals surface area (Å²) in [5.74, 6) is 0. The topological polar surface area (TPSA) is 68.1 Å². The van der Waals surface area contributed by atoms with Crippen LogP contribution in [0.5, 0.6) is 0 Å². The van der Waals surface area contributed by atoms with Gasteiger partial charge in [0, 0.05) is 17.4 Å². The largest absolute Gasteiger partial charge is 0.379 e. The first-order valence-corrected chi connectivity index (χ1v) is 6.80. The highest BCUT2D eigenvalue weighted by atomic mass is 16.6. The minimum Gasteiger partial charge on any atom is -0.379 e. The summed E-state index contributed by atoms with van der Waals surface area (Å²) in [7, 11) is 0. The van der Waals surface area contributed by atoms with Crippen LogP contribution in [0, 0.1) is 37.8 Å². The summed E-state index contributed by atoms with van der Waals surface area (Å²) in [6.07, 6.45) is 1.56. The number of nitrogens with zero attached hydrogens (tertiary/aromatic N) is 2. The van der Waals surface area contributed by atoms with Crippen LogP contribution in [0.1, 0.15) is 27.9 Å². The van der Waals surface area contributed by atoms with Crippen LogP contribution in [0.4, 0.5) is 11.4 Å². The molecule has 0 aliphatic carbocycles. The minimum atomic E-state index is -0.340. The second-order valence-electron chi connectivity index (χ2n) is 5.29. The number of nitro groups is 1. The number of rotatable bonds is 4. The molecule has 0 saturated carbocycles. The fraction of sp³-hybridized carbons (Fsp3) is 0.312. The first-order chi connectivity index (χ1) is 9.90. The molecule has 5 nitrogen and oxygen atoms in total. The lowest BCUT2D eigenvalue weighted by Gasteiger charge is -2.12. The van der Waals surface area contributed by atoms with Gasteiger partial charge in [0.1, 0.15) is 0 Å². The molecule has 0 unspecified atom stereocenters. The minimum absolute atomic E-state index is 0.155. The number of pyridine rings is 1. The van der Waals surface area contributed by atoms with Crippen molar-refractivity contribution in [2.24, 2.45) is 0 Å². The number of benzene rings is 1. The summed E-state index contributed by atoms with van der Waals surface area (Å²) in [4.78, 5) is 15.1. The van der Waals surface area contributed by atoms with Crippen LogP contribution >= 0.6 is 0 Å². The Bertz CT molecular complexity index is 696. The summed E-state index contributed by atoms with van der Waals surface area (Å²) in [5.41, 5.74) is 5.44. The van der Waals surface area contributed by atoms with E-state index in [0.717, 1.165) is 11.3 Å². The highest BCUT2D eigenvalue weighted by molar-refractivity contribution is 5.53. The van der Waals surface area contributed by atoms with Crippen LogP contribution in [-0.2, 0) is 6.54 Å². The van der Waals surface area contributed by atoms with Gasteiger partial charge >= 0.3 is 0 Å². The van der Waals surface area contributed by atoms with E-state index in [9.17, 15) is 10.1 Å². The molecule has 1 aromatic carbocycles. The monoisotopic (exact) mass is 285 g/mol. The zero-order valence-corrected chi connectivity index (χ0v) is 12.7. The highest BCUT2D eigenvalue weighted by Gasteiger charge is 2.18. The zero-order chi connectivity index (χ0) is 15.6. The quantitative estimate of drug-likeness (QED) is 0.684. The molecule has 1 heterocycles. The number of hydrogen-bond donors (Lipinski definition) is 1. The van der Waals surface area contributed by atoms with E-state index in [0.29, 0.717) is 23.4 Å². The van der Waals surface area contributed by atoms with Gasteiger partial charge < -0.3 is 5.32 Å². The van der Waals surface area contributed by atoms with E-state index in [-0.39, 0.29) is 10.6 Å². The first kappa shape index (κ1) is 15.0. The van der Waals surface area contributed by atoms with E-state index in [4.69, 9.17) is 0 Å². The van der Waals surface area contributed by atoms with E-state index in [1.54, 1.807) is 20.0 Å². The van der Waals surface area contributed by atoms with Gasteiger partial charge in [0.25, 0.3) is 5.69 Å². The van der Waals surface area contributed by atoms with Gasteiger partial charge in [-0.15, -0.1) is 0 Å². The van der Waals surface area contributed by atoms with Crippen molar-refractivity contribution in [3.63, 3.8) is 0 Å². The normalized spacial score (nSPS) is 10.5. The van der Waals surface area contributed by atoms with Crippen molar-refractivity contribution in [2.45, 2.75) is 34.2 Å². The predicted octanol–water partition coefficient (Wildman–Crippen LogP) is 3.84. The van der Waals surface area contributed by atoms with Gasteiger partial charge in [-0.3, -0.25) is 15.1 Å². The van der Waals surface area contributed by atoms with Gasteiger partial charge in [-0.25, -0.2) is 0 Å². The second-order valence-corrected chi connectivity index (χ2v) is 5.29. The molecule has 21 heavy (non-hydrogen) atoms. The maximum atomic E-state index is 11.1. The first-order valence-electron chi connectivity index (χ1n) is 6.80. The molecule has 0 atom stereocenters. The molecule has 0 bridgehead atoms. The molecule has 2 aromatic rings. The van der Waals surface area contributed by atoms with Crippen molar-refractivity contribution in [1.82, 2.24) is 4.98 Å². The second kappa shape index (κ2) is 5.91. The third-order valence-corrected chi connectivity index (χ3v) is 3.59. The van der Waals surface area contributed by atoms with Crippen molar-refractivity contribution in [2.75, 3.05) is 5.32 Å². The van der Waals surface area contributed by atoms with E-state index < -0.39 is 0 Å². The Labute approximate surface area is 124 Å². The molecule has 0 fully saturated rings. The van der Waals surface area contributed by atoms with Gasteiger partial charge in [0.2, 0.25) is 0 Å². The highest BCUT2D eigenvalue weighted by Crippen LogP contribution is 2.25. The fourth-order valence-electron chi connectivity index (χ4n) is 2.42. The Hall–Kier alpha value is -2.43. The average Bonchev–Trinajstić information content (AvgIpc) is 2.39. The van der Waals surface area contributed by atoms with E-state index in [1.807, 2.05) is 26.0 Å². The molecular weight excluding hydrogens is 266 g/mol. The zero-order valence-electron chi connectivity index (χ0n) is 12.7. The lowest BCUT2D eigenvalue weighted by Crippen LogP contribution is -2.08. The van der Waals surface area contributed by atoms with Crippen LogP contribution in [0.3, 0.4) is 0 Å². The Morgan fingerprint density at radius 1 is 1.19 bits per heavy atom. The lowest BCUT2D eigenvalue weighted by atomic mass is 10.1. The number of hydrogen-bond acceptors (Lipinski definition) is 4. The molecule has 0 aliphatic rings. The van der Waals surface area contributed by atoms with Gasteiger partial charge in [0.05, 0.1) is 22.7 Å². The van der Waals surface area contributed by atoms with E-state index >= 15 is 0 Å². The Morgan fingerprint density at radius 3 is 2.52 bits per heavy atom. The van der Waals surface area contributed by atoms with Gasteiger partial charge in [-0.1, -0.05) is 17.7 Å². The van der Waals surface area contributed by atoms with Gasteiger partial charge in [-0.05, 0) is 39.3 Å². The van der Waals surface area contributed by atoms with Crippen molar-refractivity contribution < 1.29 is 4.92 Å². The predicted molar refractivity (Wildman–Crippen MR) is 83.6 cm³/mol. The van der Waals surface area contributed by atoms with Crippen LogP contribution in [-0.4, -0.2) is 9.91 Å². The number of nitrogens with one attached hydrogen (secondary N) is 1. The standard InChI is InChI=1S/C16H19N3O2/c1-10-5-6-14(11(2)7-10)18-9-15-13(4)16(19(20)21)12(3)8-17-15/h5-8,18H,9H2,1-4H3. The van der Waals surface area contributed by atoms with Gasteiger partial charge in [-0.2, -0.15) is 0 Å². The number of anilines is 1. The number of aromatic nitrogens is 1. The van der Waals surface area contributed by atoms with Crippen molar-refractivity contribution in [3.8, 4) is 0 Å². The molecule has 0 spiro atoms. The summed E-state index contributed by atoms with van der Waals surface area (Å²) in [5, 5.41) is 14.4. The third-order valence-electron chi connectivity index (χ3n) is 3.59. The average molecular weight is 285 g/mol. The number of aryl methyl sites for hydroxylation is 3. The van der Waals surface area contributed by atoms with Crippen molar-refractivity contribution >= 4 is 11.4 Å². The summed E-state index contributed by atoms with van der Waals surface area (Å²) in [6, 6.07) is 6.15. The summed E-state index contributed by atoms with van der Waals surface area (Å²) in [6.45, 7) is 8.01. The molecule has 110 valence electrons. The molecule has 0 saturated heterocycles. The third kappa shape index (κ3) is 3.18. The Balaban J connectivity index is 2.24. The molecule has 0 amide bonds. The molecule has 5 heteroatoms. The van der Waals surface area contributed by atoms with Crippen LogP contribution in [0.2, 0.25) is 0 Å². The van der Waals surface area contributed by atoms with Crippen molar-refractivity contribution in [3.05, 3.63) is 62.5 Å². The lowest BCUT2D eigenvalue weighted by molar-refractivity contribution is -0.386. The van der Waals surface area contributed by atoms with Crippen LogP contribution in [0.25, 0.3) is 0 Å². The van der Waals surface area contributed by atoms with Crippen LogP contribution in [0.15, 0.2) is 24.4 Å². The molecule has 1 N–H and O–H groups in total. The molecule has 0 aliphatic heterocycles. The molecule has 2 rings (SSSR count). The fourth-order valence-corrected chi connectivity index (χ4v) is 2.42. The van der Waals surface area contributed by atoms with Crippen LogP contribution < -0.4 is 5.32 Å². The van der Waals surface area contributed by atoms with Crippen molar-refractivity contribution in [1.29, 1.82) is 0 Å². The molecule has 0 radical (unpaired) electrons. The SMILES string of the molecule is Cc1ccc(NCc2ncc(C)c([N+](=O)[O-])c2C)c(C)c1. The Kier molecular flexibility index (Phi) is 4.21. The summed E-state index contributed by atoms with van der Waals surface area (Å²) < 4.78 is 0.